The van der Waals surface area contributed by atoms with Crippen LogP contribution in [0.2, 0.25) is 0 Å². The van der Waals surface area contributed by atoms with E-state index in [2.05, 4.69) is 9.88 Å². The molecule has 3 nitrogen and oxygen atoms in total. The summed E-state index contributed by atoms with van der Waals surface area (Å²) in [5.41, 5.74) is 2.14. The highest BCUT2D eigenvalue weighted by Gasteiger charge is 2.24. The maximum atomic E-state index is 9.09. The summed E-state index contributed by atoms with van der Waals surface area (Å²) in [4.78, 5) is 6.58. The van der Waals surface area contributed by atoms with Gasteiger partial charge in [-0.3, -0.25) is 9.88 Å². The molecule has 1 aromatic rings. The fraction of sp³-hybridized carbons (Fsp3) is 0.500. The number of hydrogen-bond acceptors (Lipinski definition) is 3. The van der Waals surface area contributed by atoms with Crippen LogP contribution in [-0.4, -0.2) is 34.2 Å². The van der Waals surface area contributed by atoms with Crippen LogP contribution in [0.5, 0.6) is 0 Å². The third-order valence-electron chi connectivity index (χ3n) is 2.27. The van der Waals surface area contributed by atoms with Gasteiger partial charge in [-0.1, -0.05) is 6.07 Å². The molecule has 1 aromatic heterocycles. The molecule has 1 saturated heterocycles. The lowest BCUT2D eigenvalue weighted by molar-refractivity contribution is -0.00355. The molecular weight excluding hydrogens is 164 g/mol. The summed E-state index contributed by atoms with van der Waals surface area (Å²) in [6.45, 7) is 4.43. The summed E-state index contributed by atoms with van der Waals surface area (Å²) in [5.74, 6) is 0. The molecular formula is C10H14N2O. The first-order valence-corrected chi connectivity index (χ1v) is 4.57. The Bertz CT molecular complexity index is 295. The summed E-state index contributed by atoms with van der Waals surface area (Å²) in [7, 11) is 0. The Morgan fingerprint density at radius 3 is 2.92 bits per heavy atom. The molecule has 0 saturated carbocycles. The molecule has 1 aliphatic heterocycles. The van der Waals surface area contributed by atoms with Gasteiger partial charge < -0.3 is 5.11 Å². The number of aliphatic hydroxyl groups excluding tert-OH is 1. The van der Waals surface area contributed by atoms with Gasteiger partial charge in [0, 0.05) is 25.3 Å². The number of hydrogen-bond donors (Lipinski definition) is 1. The largest absolute Gasteiger partial charge is 0.390 e. The van der Waals surface area contributed by atoms with E-state index in [1.807, 2.05) is 25.1 Å². The number of aromatic nitrogens is 1. The first-order chi connectivity index (χ1) is 6.24. The van der Waals surface area contributed by atoms with E-state index >= 15 is 0 Å². The van der Waals surface area contributed by atoms with Crippen LogP contribution in [0.15, 0.2) is 18.2 Å². The van der Waals surface area contributed by atoms with E-state index in [-0.39, 0.29) is 6.10 Å². The van der Waals surface area contributed by atoms with E-state index < -0.39 is 0 Å². The molecule has 3 heteroatoms. The van der Waals surface area contributed by atoms with Crippen LogP contribution in [0.3, 0.4) is 0 Å². The molecule has 2 heterocycles. The van der Waals surface area contributed by atoms with Crippen molar-refractivity contribution < 1.29 is 5.11 Å². The van der Waals surface area contributed by atoms with Gasteiger partial charge in [-0.05, 0) is 19.1 Å². The van der Waals surface area contributed by atoms with Crippen molar-refractivity contribution in [2.24, 2.45) is 0 Å². The van der Waals surface area contributed by atoms with E-state index in [1.165, 1.54) is 0 Å². The van der Waals surface area contributed by atoms with Crippen molar-refractivity contribution in [2.75, 3.05) is 13.1 Å². The van der Waals surface area contributed by atoms with Gasteiger partial charge in [0.15, 0.2) is 0 Å². The molecule has 0 atom stereocenters. The topological polar surface area (TPSA) is 36.4 Å². The molecule has 70 valence electrons. The van der Waals surface area contributed by atoms with Crippen LogP contribution in [0.4, 0.5) is 0 Å². The Labute approximate surface area is 78.0 Å². The van der Waals surface area contributed by atoms with Crippen LogP contribution in [0.1, 0.15) is 11.4 Å². The maximum absolute atomic E-state index is 9.09. The zero-order valence-electron chi connectivity index (χ0n) is 7.77. The standard InChI is InChI=1S/C10H14N2O/c1-8-3-2-4-9(11-8)5-12-6-10(13)7-12/h2-4,10,13H,5-7H2,1H3. The summed E-state index contributed by atoms with van der Waals surface area (Å²) < 4.78 is 0. The van der Waals surface area contributed by atoms with Gasteiger partial charge in [0.1, 0.15) is 0 Å². The number of aliphatic hydroxyl groups is 1. The molecule has 0 bridgehead atoms. The van der Waals surface area contributed by atoms with E-state index in [0.29, 0.717) is 0 Å². The van der Waals surface area contributed by atoms with Gasteiger partial charge in [-0.15, -0.1) is 0 Å². The highest BCUT2D eigenvalue weighted by Crippen LogP contribution is 2.11. The molecule has 0 spiro atoms. The Hall–Kier alpha value is -0.930. The summed E-state index contributed by atoms with van der Waals surface area (Å²) in [6, 6.07) is 6.04. The zero-order valence-corrected chi connectivity index (χ0v) is 7.77. The Morgan fingerprint density at radius 2 is 2.31 bits per heavy atom. The van der Waals surface area contributed by atoms with Crippen molar-refractivity contribution in [1.82, 2.24) is 9.88 Å². The number of aryl methyl sites for hydroxylation is 1. The molecule has 0 amide bonds. The van der Waals surface area contributed by atoms with Crippen molar-refractivity contribution in [3.8, 4) is 0 Å². The SMILES string of the molecule is Cc1cccc(CN2CC(O)C2)n1. The maximum Gasteiger partial charge on any atom is 0.0794 e. The second-order valence-electron chi connectivity index (χ2n) is 3.62. The van der Waals surface area contributed by atoms with Crippen LogP contribution in [0.25, 0.3) is 0 Å². The van der Waals surface area contributed by atoms with Crippen LogP contribution < -0.4 is 0 Å². The first-order valence-electron chi connectivity index (χ1n) is 4.57. The second-order valence-corrected chi connectivity index (χ2v) is 3.62. The first kappa shape index (κ1) is 8.66. The molecule has 1 fully saturated rings. The second kappa shape index (κ2) is 3.44. The summed E-state index contributed by atoms with van der Waals surface area (Å²) >= 11 is 0. The average Bonchev–Trinajstić information content (AvgIpc) is 2.01. The predicted molar refractivity (Wildman–Crippen MR) is 50.3 cm³/mol. The molecule has 0 aliphatic carbocycles. The molecule has 0 unspecified atom stereocenters. The number of pyridine rings is 1. The minimum atomic E-state index is -0.121. The number of nitrogens with zero attached hydrogens (tertiary/aromatic N) is 2. The fourth-order valence-corrected chi connectivity index (χ4v) is 1.59. The molecule has 1 aliphatic rings. The molecule has 0 aromatic carbocycles. The van der Waals surface area contributed by atoms with Crippen molar-refractivity contribution in [2.45, 2.75) is 19.6 Å². The number of β-amino-alcohol motifs (C(OH)–C–C–N with tert-alkyl or cyclic N) is 1. The Morgan fingerprint density at radius 1 is 1.54 bits per heavy atom. The third kappa shape index (κ3) is 2.05. The van der Waals surface area contributed by atoms with Gasteiger partial charge >= 0.3 is 0 Å². The Balaban J connectivity index is 1.94. The lowest BCUT2D eigenvalue weighted by Gasteiger charge is -2.35. The summed E-state index contributed by atoms with van der Waals surface area (Å²) in [5, 5.41) is 9.09. The lowest BCUT2D eigenvalue weighted by Crippen LogP contribution is -2.49. The Kier molecular flexibility index (Phi) is 2.29. The molecule has 2 rings (SSSR count). The fourth-order valence-electron chi connectivity index (χ4n) is 1.59. The molecule has 13 heavy (non-hydrogen) atoms. The van der Waals surface area contributed by atoms with Crippen molar-refractivity contribution in [3.05, 3.63) is 29.6 Å². The lowest BCUT2D eigenvalue weighted by atomic mass is 10.1. The average molecular weight is 178 g/mol. The van der Waals surface area contributed by atoms with Gasteiger partial charge in [0.05, 0.1) is 11.8 Å². The monoisotopic (exact) mass is 178 g/mol. The van der Waals surface area contributed by atoms with Crippen molar-refractivity contribution in [3.63, 3.8) is 0 Å². The zero-order chi connectivity index (χ0) is 9.26. The minimum absolute atomic E-state index is 0.121. The van der Waals surface area contributed by atoms with Gasteiger partial charge in [0.2, 0.25) is 0 Å². The highest BCUT2D eigenvalue weighted by molar-refractivity contribution is 5.10. The van der Waals surface area contributed by atoms with Crippen molar-refractivity contribution >= 4 is 0 Å². The summed E-state index contributed by atoms with van der Waals surface area (Å²) in [6.07, 6.45) is -0.121. The van der Waals surface area contributed by atoms with E-state index in [0.717, 1.165) is 31.0 Å². The molecule has 1 N–H and O–H groups in total. The van der Waals surface area contributed by atoms with Crippen molar-refractivity contribution in [1.29, 1.82) is 0 Å². The van der Waals surface area contributed by atoms with Gasteiger partial charge in [0.25, 0.3) is 0 Å². The van der Waals surface area contributed by atoms with Crippen LogP contribution >= 0.6 is 0 Å². The van der Waals surface area contributed by atoms with E-state index in [4.69, 9.17) is 5.11 Å². The number of rotatable bonds is 2. The van der Waals surface area contributed by atoms with Gasteiger partial charge in [-0.25, -0.2) is 0 Å². The molecule has 0 radical (unpaired) electrons. The predicted octanol–water partition coefficient (Wildman–Crippen LogP) is 0.567. The van der Waals surface area contributed by atoms with E-state index in [1.54, 1.807) is 0 Å². The van der Waals surface area contributed by atoms with Crippen LogP contribution in [-0.2, 0) is 6.54 Å². The smallest absolute Gasteiger partial charge is 0.0794 e. The third-order valence-corrected chi connectivity index (χ3v) is 2.27. The normalized spacial score (nSPS) is 18.6. The van der Waals surface area contributed by atoms with E-state index in [9.17, 15) is 0 Å². The van der Waals surface area contributed by atoms with Gasteiger partial charge in [-0.2, -0.15) is 0 Å². The minimum Gasteiger partial charge on any atom is -0.390 e. The van der Waals surface area contributed by atoms with Crippen LogP contribution in [0, 0.1) is 6.92 Å². The highest BCUT2D eigenvalue weighted by atomic mass is 16.3. The quantitative estimate of drug-likeness (QED) is 0.719. The number of likely N-dealkylation sites (tertiary alicyclic amines) is 1.